The van der Waals surface area contributed by atoms with E-state index in [-0.39, 0.29) is 0 Å². The smallest absolute Gasteiger partial charge is 0.180 e. The molecule has 0 fully saturated rings. The molecule has 0 aliphatic heterocycles. The van der Waals surface area contributed by atoms with Gasteiger partial charge in [-0.2, -0.15) is 0 Å². The third kappa shape index (κ3) is 2.41. The Bertz CT molecular complexity index is 438. The lowest BCUT2D eigenvalue weighted by atomic mass is 10.1. The second-order valence-electron chi connectivity index (χ2n) is 3.58. The quantitative estimate of drug-likeness (QED) is 0.827. The average molecular weight is 218 g/mol. The van der Waals surface area contributed by atoms with Crippen LogP contribution in [0.2, 0.25) is 0 Å². The molecule has 0 spiro atoms. The molecule has 4 heteroatoms. The van der Waals surface area contributed by atoms with E-state index in [0.29, 0.717) is 6.54 Å². The van der Waals surface area contributed by atoms with Crippen molar-refractivity contribution < 1.29 is 9.52 Å². The first kappa shape index (κ1) is 10.7. The van der Waals surface area contributed by atoms with Gasteiger partial charge in [-0.15, -0.1) is 0 Å². The molecule has 1 aromatic carbocycles. The van der Waals surface area contributed by atoms with E-state index in [2.05, 4.69) is 10.3 Å². The summed E-state index contributed by atoms with van der Waals surface area (Å²) in [6, 6.07) is 7.65. The molecule has 0 saturated heterocycles. The first-order chi connectivity index (χ1) is 7.77. The van der Waals surface area contributed by atoms with Gasteiger partial charge in [0.25, 0.3) is 0 Å². The number of hydrogen-bond donors (Lipinski definition) is 2. The maximum Gasteiger partial charge on any atom is 0.180 e. The van der Waals surface area contributed by atoms with Gasteiger partial charge in [-0.25, -0.2) is 4.98 Å². The lowest BCUT2D eigenvalue weighted by Gasteiger charge is -2.12. The molecule has 4 nitrogen and oxygen atoms in total. The Kier molecular flexibility index (Phi) is 3.22. The monoisotopic (exact) mass is 218 g/mol. The van der Waals surface area contributed by atoms with E-state index >= 15 is 0 Å². The van der Waals surface area contributed by atoms with Crippen LogP contribution in [-0.4, -0.2) is 10.1 Å². The number of rotatable bonds is 4. The minimum Gasteiger partial charge on any atom is -0.447 e. The van der Waals surface area contributed by atoms with Crippen LogP contribution >= 0.6 is 0 Å². The zero-order valence-electron chi connectivity index (χ0n) is 9.05. The van der Waals surface area contributed by atoms with Crippen molar-refractivity contribution in [1.82, 2.24) is 4.98 Å². The first-order valence-electron chi connectivity index (χ1n) is 5.15. The molecule has 0 radical (unpaired) electrons. The van der Waals surface area contributed by atoms with E-state index in [9.17, 15) is 5.11 Å². The van der Waals surface area contributed by atoms with Crippen molar-refractivity contribution >= 4 is 5.69 Å². The number of nitrogens with zero attached hydrogens (tertiary/aromatic N) is 1. The molecule has 0 bridgehead atoms. The van der Waals surface area contributed by atoms with E-state index in [0.717, 1.165) is 17.0 Å². The Morgan fingerprint density at radius 1 is 1.44 bits per heavy atom. The molecule has 1 heterocycles. The van der Waals surface area contributed by atoms with Crippen LogP contribution < -0.4 is 5.32 Å². The SMILES string of the molecule is CC(O)c1ccccc1NCc1cnco1. The summed E-state index contributed by atoms with van der Waals surface area (Å²) in [6.45, 7) is 2.30. The predicted octanol–water partition coefficient (Wildman–Crippen LogP) is 2.34. The number of aliphatic hydroxyl groups excluding tert-OH is 1. The number of aromatic nitrogens is 1. The Balaban J connectivity index is 2.09. The van der Waals surface area contributed by atoms with Crippen molar-refractivity contribution in [2.75, 3.05) is 5.32 Å². The van der Waals surface area contributed by atoms with Gasteiger partial charge in [0, 0.05) is 11.3 Å². The van der Waals surface area contributed by atoms with E-state index in [4.69, 9.17) is 4.42 Å². The summed E-state index contributed by atoms with van der Waals surface area (Å²) >= 11 is 0. The summed E-state index contributed by atoms with van der Waals surface area (Å²) in [5.74, 6) is 0.764. The van der Waals surface area contributed by atoms with Crippen LogP contribution in [-0.2, 0) is 6.54 Å². The van der Waals surface area contributed by atoms with Crippen molar-refractivity contribution in [3.8, 4) is 0 Å². The van der Waals surface area contributed by atoms with Gasteiger partial charge in [-0.1, -0.05) is 18.2 Å². The number of hydrogen-bond acceptors (Lipinski definition) is 4. The van der Waals surface area contributed by atoms with Crippen LogP contribution in [0.1, 0.15) is 24.4 Å². The van der Waals surface area contributed by atoms with Crippen LogP contribution in [0.3, 0.4) is 0 Å². The average Bonchev–Trinajstić information content (AvgIpc) is 2.79. The molecule has 1 atom stereocenters. The van der Waals surface area contributed by atoms with E-state index in [1.807, 2.05) is 24.3 Å². The Morgan fingerprint density at radius 3 is 2.94 bits per heavy atom. The normalized spacial score (nSPS) is 12.4. The fraction of sp³-hybridized carbons (Fsp3) is 0.250. The number of para-hydroxylation sites is 1. The number of benzene rings is 1. The molecule has 0 aliphatic carbocycles. The van der Waals surface area contributed by atoms with Crippen LogP contribution in [0.15, 0.2) is 41.3 Å². The van der Waals surface area contributed by atoms with Gasteiger partial charge in [0.2, 0.25) is 0 Å². The van der Waals surface area contributed by atoms with Crippen molar-refractivity contribution in [2.24, 2.45) is 0 Å². The summed E-state index contributed by atoms with van der Waals surface area (Å²) < 4.78 is 5.12. The van der Waals surface area contributed by atoms with Crippen LogP contribution in [0.25, 0.3) is 0 Å². The second kappa shape index (κ2) is 4.81. The van der Waals surface area contributed by atoms with E-state index in [1.54, 1.807) is 13.1 Å². The molecular formula is C12H14N2O2. The van der Waals surface area contributed by atoms with Gasteiger partial charge in [0.1, 0.15) is 5.76 Å². The van der Waals surface area contributed by atoms with Gasteiger partial charge in [0.05, 0.1) is 18.8 Å². The predicted molar refractivity (Wildman–Crippen MR) is 60.9 cm³/mol. The Hall–Kier alpha value is -1.81. The Labute approximate surface area is 93.9 Å². The summed E-state index contributed by atoms with van der Waals surface area (Å²) in [4.78, 5) is 3.84. The van der Waals surface area contributed by atoms with Crippen molar-refractivity contribution in [3.05, 3.63) is 48.2 Å². The lowest BCUT2D eigenvalue weighted by molar-refractivity contribution is 0.200. The van der Waals surface area contributed by atoms with Crippen LogP contribution in [0, 0.1) is 0 Å². The van der Waals surface area contributed by atoms with Gasteiger partial charge in [0.15, 0.2) is 6.39 Å². The maximum atomic E-state index is 9.59. The first-order valence-corrected chi connectivity index (χ1v) is 5.15. The highest BCUT2D eigenvalue weighted by atomic mass is 16.3. The number of nitrogens with one attached hydrogen (secondary N) is 1. The van der Waals surface area contributed by atoms with E-state index < -0.39 is 6.10 Å². The molecule has 16 heavy (non-hydrogen) atoms. The third-order valence-corrected chi connectivity index (χ3v) is 2.35. The minimum absolute atomic E-state index is 0.488. The molecule has 1 aromatic heterocycles. The standard InChI is InChI=1S/C12H14N2O2/c1-9(15)11-4-2-3-5-12(11)14-7-10-6-13-8-16-10/h2-6,8-9,14-15H,7H2,1H3. The highest BCUT2D eigenvalue weighted by Gasteiger charge is 2.06. The summed E-state index contributed by atoms with van der Waals surface area (Å²) in [5, 5.41) is 12.8. The van der Waals surface area contributed by atoms with Crippen LogP contribution in [0.4, 0.5) is 5.69 Å². The zero-order chi connectivity index (χ0) is 11.4. The molecular weight excluding hydrogens is 204 g/mol. The van der Waals surface area contributed by atoms with Crippen LogP contribution in [0.5, 0.6) is 0 Å². The second-order valence-corrected chi connectivity index (χ2v) is 3.58. The van der Waals surface area contributed by atoms with Crippen molar-refractivity contribution in [2.45, 2.75) is 19.6 Å². The molecule has 1 unspecified atom stereocenters. The summed E-state index contributed by atoms with van der Waals surface area (Å²) in [5.41, 5.74) is 1.79. The largest absolute Gasteiger partial charge is 0.447 e. The fourth-order valence-corrected chi connectivity index (χ4v) is 1.53. The van der Waals surface area contributed by atoms with Gasteiger partial charge >= 0.3 is 0 Å². The van der Waals surface area contributed by atoms with Crippen molar-refractivity contribution in [3.63, 3.8) is 0 Å². The number of aliphatic hydroxyl groups is 1. The zero-order valence-corrected chi connectivity index (χ0v) is 9.05. The summed E-state index contributed by atoms with van der Waals surface area (Å²) in [6.07, 6.45) is 2.58. The highest BCUT2D eigenvalue weighted by Crippen LogP contribution is 2.22. The third-order valence-electron chi connectivity index (χ3n) is 2.35. The fourth-order valence-electron chi connectivity index (χ4n) is 1.53. The maximum absolute atomic E-state index is 9.59. The molecule has 84 valence electrons. The molecule has 2 N–H and O–H groups in total. The molecule has 0 amide bonds. The van der Waals surface area contributed by atoms with Gasteiger partial charge in [-0.05, 0) is 13.0 Å². The number of oxazole rings is 1. The minimum atomic E-state index is -0.488. The van der Waals surface area contributed by atoms with Crippen molar-refractivity contribution in [1.29, 1.82) is 0 Å². The Morgan fingerprint density at radius 2 is 2.25 bits per heavy atom. The summed E-state index contributed by atoms with van der Waals surface area (Å²) in [7, 11) is 0. The topological polar surface area (TPSA) is 58.3 Å². The highest BCUT2D eigenvalue weighted by molar-refractivity contribution is 5.52. The van der Waals surface area contributed by atoms with Gasteiger partial charge in [-0.3, -0.25) is 0 Å². The van der Waals surface area contributed by atoms with Gasteiger partial charge < -0.3 is 14.8 Å². The molecule has 2 rings (SSSR count). The molecule has 2 aromatic rings. The van der Waals surface area contributed by atoms with E-state index in [1.165, 1.54) is 6.39 Å². The lowest BCUT2D eigenvalue weighted by Crippen LogP contribution is -2.03. The molecule has 0 aliphatic rings. The number of anilines is 1. The molecule has 0 saturated carbocycles.